The van der Waals surface area contributed by atoms with Gasteiger partial charge in [0, 0.05) is 48.9 Å². The summed E-state index contributed by atoms with van der Waals surface area (Å²) in [5.74, 6) is 1.70. The Morgan fingerprint density at radius 2 is 1.81 bits per heavy atom. The van der Waals surface area contributed by atoms with Crippen LogP contribution in [0.4, 0.5) is 0 Å². The van der Waals surface area contributed by atoms with Crippen molar-refractivity contribution in [1.82, 2.24) is 24.0 Å². The van der Waals surface area contributed by atoms with E-state index in [0.717, 1.165) is 53.0 Å². The Kier molecular flexibility index (Phi) is 7.17. The maximum absolute atomic E-state index is 13.8. The number of hydrogen-bond acceptors (Lipinski definition) is 5. The van der Waals surface area contributed by atoms with E-state index in [4.69, 9.17) is 20.4 Å². The summed E-state index contributed by atoms with van der Waals surface area (Å²) < 4.78 is 10.6. The van der Waals surface area contributed by atoms with Gasteiger partial charge in [0.15, 0.2) is 5.82 Å². The van der Waals surface area contributed by atoms with Crippen LogP contribution in [0.2, 0.25) is 0 Å². The smallest absolute Gasteiger partial charge is 0.254 e. The number of pyridine rings is 1. The second-order valence-corrected chi connectivity index (χ2v) is 12.4. The van der Waals surface area contributed by atoms with Crippen molar-refractivity contribution in [2.45, 2.75) is 71.1 Å². The van der Waals surface area contributed by atoms with Crippen LogP contribution in [0.3, 0.4) is 0 Å². The number of carbonyl (C=O) groups excluding carboxylic acids is 1. The average molecular weight is 577 g/mol. The summed E-state index contributed by atoms with van der Waals surface area (Å²) in [6.45, 7) is 6.29. The molecule has 3 atom stereocenters. The van der Waals surface area contributed by atoms with Crippen molar-refractivity contribution in [1.29, 1.82) is 0 Å². The summed E-state index contributed by atoms with van der Waals surface area (Å²) in [7, 11) is 1.67. The third-order valence-corrected chi connectivity index (χ3v) is 9.54. The highest BCUT2D eigenvalue weighted by molar-refractivity contribution is 6.00. The largest absolute Gasteiger partial charge is 0.494 e. The first-order valence-corrected chi connectivity index (χ1v) is 15.6. The molecule has 43 heavy (non-hydrogen) atoms. The van der Waals surface area contributed by atoms with Crippen LogP contribution in [-0.2, 0) is 19.5 Å². The lowest BCUT2D eigenvalue weighted by Gasteiger charge is -2.23. The molecule has 2 aromatic carbocycles. The summed E-state index contributed by atoms with van der Waals surface area (Å²) in [5.41, 5.74) is 13.2. The molecule has 1 fully saturated rings. The van der Waals surface area contributed by atoms with E-state index in [1.807, 2.05) is 36.2 Å². The number of methoxy groups -OCH3 is 1. The number of aromatic nitrogens is 4. The Bertz CT molecular complexity index is 1820. The molecule has 2 N–H and O–H groups in total. The van der Waals surface area contributed by atoms with Gasteiger partial charge in [0.25, 0.3) is 5.91 Å². The van der Waals surface area contributed by atoms with Gasteiger partial charge in [0.1, 0.15) is 16.9 Å². The van der Waals surface area contributed by atoms with Crippen molar-refractivity contribution < 1.29 is 9.53 Å². The topological polar surface area (TPSA) is 91.2 Å². The monoisotopic (exact) mass is 576 g/mol. The minimum Gasteiger partial charge on any atom is -0.494 e. The number of imidazole rings is 1. The third kappa shape index (κ3) is 4.87. The Labute approximate surface area is 252 Å². The van der Waals surface area contributed by atoms with Crippen LogP contribution in [0.15, 0.2) is 60.8 Å². The van der Waals surface area contributed by atoms with Crippen molar-refractivity contribution >= 4 is 28.0 Å². The van der Waals surface area contributed by atoms with Gasteiger partial charge < -0.3 is 24.5 Å². The fraction of sp³-hybridized carbons (Fsp3) is 0.400. The van der Waals surface area contributed by atoms with Crippen molar-refractivity contribution in [3.05, 3.63) is 77.5 Å². The van der Waals surface area contributed by atoms with E-state index in [2.05, 4.69) is 52.5 Å². The molecule has 3 aromatic heterocycles. The molecule has 222 valence electrons. The number of nitrogens with two attached hydrogens (primary N) is 1. The lowest BCUT2D eigenvalue weighted by atomic mass is 10.0. The third-order valence-electron chi connectivity index (χ3n) is 9.54. The normalized spacial score (nSPS) is 21.0. The lowest BCUT2D eigenvalue weighted by Crippen LogP contribution is -2.40. The van der Waals surface area contributed by atoms with Crippen LogP contribution in [0, 0.1) is 5.92 Å². The highest BCUT2D eigenvalue weighted by Gasteiger charge is 2.37. The van der Waals surface area contributed by atoms with Gasteiger partial charge in [0.05, 0.1) is 18.3 Å². The van der Waals surface area contributed by atoms with E-state index in [9.17, 15) is 4.79 Å². The molecule has 8 heteroatoms. The predicted octanol–water partition coefficient (Wildman–Crippen LogP) is 6.03. The SMILES string of the molecule is COc1cc(C(=O)N2C[C@@H](C)[C@@H](N)[C@H]2C)cc2nc3n(c12)Cc1cccc(c1)CCCCCCn1c-3cc2cccnc21. The van der Waals surface area contributed by atoms with Gasteiger partial charge in [-0.1, -0.05) is 44.0 Å². The summed E-state index contributed by atoms with van der Waals surface area (Å²) >= 11 is 0. The van der Waals surface area contributed by atoms with Crippen LogP contribution in [0.25, 0.3) is 33.6 Å². The van der Waals surface area contributed by atoms with Gasteiger partial charge >= 0.3 is 0 Å². The molecule has 2 aliphatic rings. The molecule has 5 heterocycles. The molecule has 0 unspecified atom stereocenters. The number of carbonyl (C=O) groups is 1. The number of likely N-dealkylation sites (tertiary alicyclic amines) is 1. The Morgan fingerprint density at radius 1 is 0.977 bits per heavy atom. The lowest BCUT2D eigenvalue weighted by molar-refractivity contribution is 0.0739. The fourth-order valence-corrected chi connectivity index (χ4v) is 7.09. The predicted molar refractivity (Wildman–Crippen MR) is 170 cm³/mol. The molecule has 2 bridgehead atoms. The van der Waals surface area contributed by atoms with E-state index < -0.39 is 0 Å². The van der Waals surface area contributed by atoms with Crippen LogP contribution in [-0.4, -0.2) is 55.6 Å². The van der Waals surface area contributed by atoms with Crippen molar-refractivity contribution in [2.75, 3.05) is 13.7 Å². The second-order valence-electron chi connectivity index (χ2n) is 12.4. The maximum Gasteiger partial charge on any atom is 0.254 e. The van der Waals surface area contributed by atoms with Gasteiger partial charge in [-0.2, -0.15) is 0 Å². The molecule has 5 aromatic rings. The van der Waals surface area contributed by atoms with Crippen molar-refractivity contribution in [2.24, 2.45) is 11.7 Å². The van der Waals surface area contributed by atoms with Crippen LogP contribution >= 0.6 is 0 Å². The van der Waals surface area contributed by atoms with E-state index in [1.165, 1.54) is 30.4 Å². The minimum absolute atomic E-state index is 0.0320. The average Bonchev–Trinajstić information content (AvgIpc) is 3.65. The molecule has 0 spiro atoms. The van der Waals surface area contributed by atoms with Gasteiger partial charge in [0.2, 0.25) is 0 Å². The number of amides is 1. The van der Waals surface area contributed by atoms with E-state index in [0.29, 0.717) is 24.4 Å². The van der Waals surface area contributed by atoms with Gasteiger partial charge in [-0.15, -0.1) is 0 Å². The summed E-state index contributed by atoms with van der Waals surface area (Å²) in [5, 5.41) is 1.10. The van der Waals surface area contributed by atoms with Gasteiger partial charge in [-0.25, -0.2) is 9.97 Å². The highest BCUT2D eigenvalue weighted by atomic mass is 16.5. The standard InChI is InChI=1S/C35H40N6O2/c1-22-20-40(23(2)31(22)36)35(42)27-17-28-32(30(19-27)43-3)41-21-25-12-8-11-24(16-25)10-6-4-5-7-15-39-29(34(41)38-28)18-26-13-9-14-37-33(26)39/h8-9,11-14,16-19,22-23,31H,4-7,10,15,20-21,36H2,1-3H3/t22-,23-,31-/m1/s1. The van der Waals surface area contributed by atoms with E-state index >= 15 is 0 Å². The number of benzene rings is 2. The molecule has 1 saturated heterocycles. The summed E-state index contributed by atoms with van der Waals surface area (Å²) in [6.07, 6.45) is 7.57. The first-order chi connectivity index (χ1) is 20.9. The number of rotatable bonds is 2. The molecule has 0 radical (unpaired) electrons. The molecule has 1 amide bonds. The second kappa shape index (κ2) is 11.2. The number of fused-ring (bicyclic) bond motifs is 9. The Morgan fingerprint density at radius 3 is 2.63 bits per heavy atom. The number of nitrogens with zero attached hydrogens (tertiary/aromatic N) is 5. The number of hydrogen-bond donors (Lipinski definition) is 1. The molecule has 0 saturated carbocycles. The van der Waals surface area contributed by atoms with E-state index in [1.54, 1.807) is 7.11 Å². The maximum atomic E-state index is 13.8. The minimum atomic E-state index is -0.0391. The highest BCUT2D eigenvalue weighted by Crippen LogP contribution is 2.36. The zero-order chi connectivity index (χ0) is 29.7. The molecule has 7 rings (SSSR count). The summed E-state index contributed by atoms with van der Waals surface area (Å²) in [6, 6.07) is 18.9. The first-order valence-electron chi connectivity index (χ1n) is 15.6. The van der Waals surface area contributed by atoms with Crippen LogP contribution in [0.1, 0.15) is 61.0 Å². The van der Waals surface area contributed by atoms with Crippen molar-refractivity contribution in [3.63, 3.8) is 0 Å². The number of ether oxygens (including phenoxy) is 1. The number of aryl methyl sites for hydroxylation is 2. The zero-order valence-electron chi connectivity index (χ0n) is 25.3. The molecular weight excluding hydrogens is 536 g/mol. The Balaban J connectivity index is 1.44. The first kappa shape index (κ1) is 27.7. The quantitative estimate of drug-likeness (QED) is 0.277. The van der Waals surface area contributed by atoms with Crippen molar-refractivity contribution in [3.8, 4) is 17.3 Å². The Hall–Kier alpha value is -4.17. The van der Waals surface area contributed by atoms with Crippen LogP contribution < -0.4 is 10.5 Å². The molecule has 2 aliphatic heterocycles. The van der Waals surface area contributed by atoms with Crippen LogP contribution in [0.5, 0.6) is 5.75 Å². The zero-order valence-corrected chi connectivity index (χ0v) is 25.3. The van der Waals surface area contributed by atoms with Gasteiger partial charge in [-0.05, 0) is 73.6 Å². The van der Waals surface area contributed by atoms with E-state index in [-0.39, 0.29) is 23.9 Å². The molecule has 0 aliphatic carbocycles. The molecule has 8 nitrogen and oxygen atoms in total. The summed E-state index contributed by atoms with van der Waals surface area (Å²) in [4.78, 5) is 25.8. The van der Waals surface area contributed by atoms with Gasteiger partial charge in [-0.3, -0.25) is 4.79 Å². The fourth-order valence-electron chi connectivity index (χ4n) is 7.09. The molecular formula is C35H40N6O2.